The van der Waals surface area contributed by atoms with Crippen LogP contribution in [0.3, 0.4) is 0 Å². The first kappa shape index (κ1) is 22.5. The van der Waals surface area contributed by atoms with Crippen LogP contribution in [0.5, 0.6) is 0 Å². The van der Waals surface area contributed by atoms with E-state index in [0.717, 1.165) is 0 Å². The number of nitro groups is 1. The molecule has 2 rings (SSSR count). The molecule has 0 radical (unpaired) electrons. The van der Waals surface area contributed by atoms with Gasteiger partial charge in [0.05, 0.1) is 9.82 Å². The number of rotatable bonds is 7. The Morgan fingerprint density at radius 3 is 2.41 bits per heavy atom. The first-order valence-electron chi connectivity index (χ1n) is 8.89. The minimum Gasteiger partial charge on any atom is -0.350 e. The van der Waals surface area contributed by atoms with Crippen LogP contribution in [0, 0.1) is 24.0 Å². The summed E-state index contributed by atoms with van der Waals surface area (Å²) < 4.78 is 29.1. The Bertz CT molecular complexity index is 1040. The lowest BCUT2D eigenvalue weighted by molar-refractivity contribution is -0.386. The Labute approximate surface area is 169 Å². The van der Waals surface area contributed by atoms with E-state index in [-0.39, 0.29) is 35.1 Å². The maximum atomic E-state index is 12.7. The summed E-state index contributed by atoms with van der Waals surface area (Å²) in [6.45, 7) is 8.01. The predicted octanol–water partition coefficient (Wildman–Crippen LogP) is 1.80. The van der Waals surface area contributed by atoms with Gasteiger partial charge < -0.3 is 5.32 Å². The zero-order chi connectivity index (χ0) is 22.0. The molecule has 1 aromatic carbocycles. The highest BCUT2D eigenvalue weighted by Crippen LogP contribution is 2.21. The number of hydrogen-bond donors (Lipinski definition) is 2. The van der Waals surface area contributed by atoms with Gasteiger partial charge in [-0.2, -0.15) is 5.10 Å². The Kier molecular flexibility index (Phi) is 6.43. The molecule has 0 aliphatic heterocycles. The van der Waals surface area contributed by atoms with Gasteiger partial charge in [-0.1, -0.05) is 18.2 Å². The molecule has 0 unspecified atom stereocenters. The van der Waals surface area contributed by atoms with Crippen LogP contribution in [-0.2, 0) is 27.9 Å². The number of aryl methyl sites for hydroxylation is 1. The number of nitrogens with one attached hydrogen (secondary N) is 2. The number of sulfonamides is 1. The van der Waals surface area contributed by atoms with E-state index in [1.165, 1.54) is 24.6 Å². The van der Waals surface area contributed by atoms with Gasteiger partial charge in [0.25, 0.3) is 0 Å². The normalized spacial score (nSPS) is 12.0. The molecule has 0 aliphatic carbocycles. The van der Waals surface area contributed by atoms with E-state index in [1.807, 2.05) is 0 Å². The van der Waals surface area contributed by atoms with Crippen molar-refractivity contribution in [2.24, 2.45) is 0 Å². The smallest absolute Gasteiger partial charge is 0.312 e. The summed E-state index contributed by atoms with van der Waals surface area (Å²) in [5, 5.41) is 17.7. The van der Waals surface area contributed by atoms with Gasteiger partial charge in [0.15, 0.2) is 0 Å². The lowest BCUT2D eigenvalue weighted by atomic mass is 10.1. The van der Waals surface area contributed by atoms with Crippen LogP contribution >= 0.6 is 0 Å². The van der Waals surface area contributed by atoms with Crippen LogP contribution in [0.25, 0.3) is 0 Å². The fourth-order valence-electron chi connectivity index (χ4n) is 2.86. The van der Waals surface area contributed by atoms with E-state index in [9.17, 15) is 23.3 Å². The second kappa shape index (κ2) is 8.29. The second-order valence-electron chi connectivity index (χ2n) is 7.67. The number of aromatic nitrogens is 2. The van der Waals surface area contributed by atoms with Crippen molar-refractivity contribution in [1.29, 1.82) is 0 Å². The molecule has 0 saturated heterocycles. The summed E-state index contributed by atoms with van der Waals surface area (Å²) in [7, 11) is -3.77. The Balaban J connectivity index is 2.14. The van der Waals surface area contributed by atoms with Crippen molar-refractivity contribution in [3.63, 3.8) is 0 Å². The third kappa shape index (κ3) is 5.61. The molecule has 11 heteroatoms. The summed E-state index contributed by atoms with van der Waals surface area (Å²) in [5.74, 6) is -0.443. The van der Waals surface area contributed by atoms with E-state index < -0.39 is 26.4 Å². The van der Waals surface area contributed by atoms with Crippen LogP contribution in [0.1, 0.15) is 37.7 Å². The van der Waals surface area contributed by atoms with Gasteiger partial charge >= 0.3 is 5.69 Å². The van der Waals surface area contributed by atoms with E-state index in [0.29, 0.717) is 5.56 Å². The molecule has 0 spiro atoms. The molecule has 1 amide bonds. The van der Waals surface area contributed by atoms with Crippen LogP contribution in [0.15, 0.2) is 29.2 Å². The SMILES string of the molecule is Cc1nn(CC(=O)NCc2ccccc2S(=O)(=O)NC(C)(C)C)c(C)c1[N+](=O)[O-]. The fourth-order valence-corrected chi connectivity index (χ4v) is 4.52. The quantitative estimate of drug-likeness (QED) is 0.515. The summed E-state index contributed by atoms with van der Waals surface area (Å²) in [5.41, 5.74) is 0.156. The summed E-state index contributed by atoms with van der Waals surface area (Å²) in [6.07, 6.45) is 0. The summed E-state index contributed by atoms with van der Waals surface area (Å²) in [6, 6.07) is 6.38. The zero-order valence-corrected chi connectivity index (χ0v) is 17.8. The number of carbonyl (C=O) groups is 1. The Morgan fingerprint density at radius 2 is 1.86 bits per heavy atom. The van der Waals surface area contributed by atoms with Gasteiger partial charge in [0, 0.05) is 12.1 Å². The molecule has 0 aliphatic rings. The number of nitrogens with zero attached hydrogens (tertiary/aromatic N) is 3. The zero-order valence-electron chi connectivity index (χ0n) is 17.0. The number of hydrogen-bond acceptors (Lipinski definition) is 6. The summed E-state index contributed by atoms with van der Waals surface area (Å²) in [4.78, 5) is 22.9. The highest BCUT2D eigenvalue weighted by Gasteiger charge is 2.25. The fraction of sp³-hybridized carbons (Fsp3) is 0.444. The van der Waals surface area contributed by atoms with E-state index in [4.69, 9.17) is 0 Å². The predicted molar refractivity (Wildman–Crippen MR) is 107 cm³/mol. The van der Waals surface area contributed by atoms with Crippen LogP contribution in [0.2, 0.25) is 0 Å². The van der Waals surface area contributed by atoms with E-state index in [2.05, 4.69) is 15.1 Å². The highest BCUT2D eigenvalue weighted by atomic mass is 32.2. The van der Waals surface area contributed by atoms with Crippen LogP contribution in [0.4, 0.5) is 5.69 Å². The number of amides is 1. The third-order valence-corrected chi connectivity index (χ3v) is 5.86. The highest BCUT2D eigenvalue weighted by molar-refractivity contribution is 7.89. The molecule has 2 aromatic rings. The molecule has 1 aromatic heterocycles. The molecule has 0 bridgehead atoms. The molecule has 10 nitrogen and oxygen atoms in total. The Morgan fingerprint density at radius 1 is 1.24 bits per heavy atom. The van der Waals surface area contributed by atoms with Crippen molar-refractivity contribution >= 4 is 21.6 Å². The molecule has 0 saturated carbocycles. The lowest BCUT2D eigenvalue weighted by Crippen LogP contribution is -2.41. The van der Waals surface area contributed by atoms with Crippen molar-refractivity contribution in [2.75, 3.05) is 0 Å². The minimum absolute atomic E-state index is 0.0124. The van der Waals surface area contributed by atoms with Gasteiger partial charge in [-0.3, -0.25) is 19.6 Å². The van der Waals surface area contributed by atoms with E-state index >= 15 is 0 Å². The van der Waals surface area contributed by atoms with Gasteiger partial charge in [0.1, 0.15) is 17.9 Å². The maximum Gasteiger partial charge on any atom is 0.312 e. The van der Waals surface area contributed by atoms with Gasteiger partial charge in [-0.25, -0.2) is 13.1 Å². The van der Waals surface area contributed by atoms with Gasteiger partial charge in [0.2, 0.25) is 15.9 Å². The standard InChI is InChI=1S/C18H25N5O5S/c1-12-17(23(25)26)13(2)22(20-12)11-16(24)19-10-14-8-6-7-9-15(14)29(27,28)21-18(3,4)5/h6-9,21H,10-11H2,1-5H3,(H,19,24). The Hall–Kier alpha value is -2.79. The molecular weight excluding hydrogens is 398 g/mol. The van der Waals surface area contributed by atoms with E-state index in [1.54, 1.807) is 39.0 Å². The van der Waals surface area contributed by atoms with Crippen molar-refractivity contribution < 1.29 is 18.1 Å². The van der Waals surface area contributed by atoms with Gasteiger partial charge in [-0.15, -0.1) is 0 Å². The molecule has 0 atom stereocenters. The molecule has 2 N–H and O–H groups in total. The molecule has 1 heterocycles. The monoisotopic (exact) mass is 423 g/mol. The first-order valence-corrected chi connectivity index (χ1v) is 10.4. The third-order valence-electron chi connectivity index (χ3n) is 4.00. The minimum atomic E-state index is -3.77. The van der Waals surface area contributed by atoms with Crippen molar-refractivity contribution in [3.05, 3.63) is 51.3 Å². The second-order valence-corrected chi connectivity index (χ2v) is 9.32. The molecular formula is C18H25N5O5S. The average molecular weight is 423 g/mol. The van der Waals surface area contributed by atoms with Crippen LogP contribution < -0.4 is 10.0 Å². The maximum absolute atomic E-state index is 12.7. The number of benzene rings is 1. The van der Waals surface area contributed by atoms with Crippen molar-refractivity contribution in [1.82, 2.24) is 19.8 Å². The average Bonchev–Trinajstić information content (AvgIpc) is 2.84. The first-order chi connectivity index (χ1) is 13.3. The topological polar surface area (TPSA) is 136 Å². The molecule has 158 valence electrons. The summed E-state index contributed by atoms with van der Waals surface area (Å²) >= 11 is 0. The largest absolute Gasteiger partial charge is 0.350 e. The van der Waals surface area contributed by atoms with Crippen molar-refractivity contribution in [2.45, 2.75) is 58.1 Å². The van der Waals surface area contributed by atoms with Crippen molar-refractivity contribution in [3.8, 4) is 0 Å². The van der Waals surface area contributed by atoms with Gasteiger partial charge in [-0.05, 0) is 46.2 Å². The van der Waals surface area contributed by atoms with Crippen LogP contribution in [-0.4, -0.2) is 34.6 Å². The number of carbonyl (C=O) groups excluding carboxylic acids is 1. The molecule has 29 heavy (non-hydrogen) atoms. The lowest BCUT2D eigenvalue weighted by Gasteiger charge is -2.21. The molecule has 0 fully saturated rings.